The molecule has 2 N–H and O–H groups in total. The van der Waals surface area contributed by atoms with Gasteiger partial charge in [0, 0.05) is 12.7 Å². The first-order valence-corrected chi connectivity index (χ1v) is 6.14. The quantitative estimate of drug-likeness (QED) is 0.891. The Morgan fingerprint density at radius 2 is 2.50 bits per heavy atom. The van der Waals surface area contributed by atoms with Gasteiger partial charge in [-0.1, -0.05) is 6.92 Å². The highest BCUT2D eigenvalue weighted by atomic mass is 79.9. The highest BCUT2D eigenvalue weighted by Crippen LogP contribution is 2.27. The van der Waals surface area contributed by atoms with Crippen LogP contribution >= 0.6 is 15.9 Å². The summed E-state index contributed by atoms with van der Waals surface area (Å²) in [6.07, 6.45) is 2.72. The average Bonchev–Trinajstić information content (AvgIpc) is 2.32. The zero-order chi connectivity index (χ0) is 11.5. The Hall–Kier alpha value is -0.880. The van der Waals surface area contributed by atoms with Crippen LogP contribution in [0.2, 0.25) is 0 Å². The van der Waals surface area contributed by atoms with E-state index in [0.717, 1.165) is 36.5 Å². The molecule has 88 valence electrons. The summed E-state index contributed by atoms with van der Waals surface area (Å²) in [7, 11) is 0. The highest BCUT2D eigenvalue weighted by Gasteiger charge is 2.24. The van der Waals surface area contributed by atoms with Gasteiger partial charge in [0.2, 0.25) is 5.95 Å². The van der Waals surface area contributed by atoms with E-state index in [9.17, 15) is 0 Å². The van der Waals surface area contributed by atoms with Crippen molar-refractivity contribution >= 4 is 27.7 Å². The lowest BCUT2D eigenvalue weighted by molar-refractivity contribution is 0.0925. The van der Waals surface area contributed by atoms with E-state index in [0.29, 0.717) is 12.0 Å². The normalized spacial score (nSPS) is 21.1. The minimum Gasteiger partial charge on any atom is -0.377 e. The second-order valence-corrected chi connectivity index (χ2v) is 4.58. The molecule has 0 spiro atoms. The monoisotopic (exact) mass is 286 g/mol. The van der Waals surface area contributed by atoms with E-state index in [1.165, 1.54) is 0 Å². The summed E-state index contributed by atoms with van der Waals surface area (Å²) in [4.78, 5) is 10.5. The van der Waals surface area contributed by atoms with Gasteiger partial charge in [-0.25, -0.2) is 4.98 Å². The molecular formula is C10H15BrN4O. The maximum atomic E-state index is 5.62. The van der Waals surface area contributed by atoms with Crippen LogP contribution in [-0.4, -0.2) is 35.8 Å². The largest absolute Gasteiger partial charge is 0.377 e. The number of halogens is 1. The Morgan fingerprint density at radius 1 is 1.69 bits per heavy atom. The predicted octanol–water partition coefficient (Wildman–Crippen LogP) is 1.44. The summed E-state index contributed by atoms with van der Waals surface area (Å²) in [6, 6.07) is 0.361. The van der Waals surface area contributed by atoms with Crippen molar-refractivity contribution in [3.8, 4) is 0 Å². The Labute approximate surface area is 103 Å². The third-order valence-electron chi connectivity index (χ3n) is 2.72. The molecular weight excluding hydrogens is 272 g/mol. The molecule has 0 aliphatic carbocycles. The fourth-order valence-electron chi connectivity index (χ4n) is 1.84. The molecule has 16 heavy (non-hydrogen) atoms. The number of aromatic nitrogens is 2. The number of hydrogen-bond acceptors (Lipinski definition) is 5. The minimum absolute atomic E-state index is 0.305. The van der Waals surface area contributed by atoms with E-state index in [1.54, 1.807) is 6.20 Å². The Morgan fingerprint density at radius 3 is 3.25 bits per heavy atom. The summed E-state index contributed by atoms with van der Waals surface area (Å²) in [6.45, 7) is 4.46. The molecule has 2 heterocycles. The molecule has 0 amide bonds. The van der Waals surface area contributed by atoms with Gasteiger partial charge in [-0.15, -0.1) is 0 Å². The molecule has 6 heteroatoms. The van der Waals surface area contributed by atoms with Crippen molar-refractivity contribution < 1.29 is 4.74 Å². The van der Waals surface area contributed by atoms with Crippen molar-refractivity contribution in [1.29, 1.82) is 0 Å². The molecule has 1 aromatic rings. The van der Waals surface area contributed by atoms with Crippen LogP contribution in [0.1, 0.15) is 13.3 Å². The SMILES string of the molecule is CCC1COCCN1c1nc(N)ncc1Br. The summed E-state index contributed by atoms with van der Waals surface area (Å²) < 4.78 is 6.34. The maximum Gasteiger partial charge on any atom is 0.222 e. The van der Waals surface area contributed by atoms with Crippen LogP contribution in [0.3, 0.4) is 0 Å². The van der Waals surface area contributed by atoms with Gasteiger partial charge in [0.25, 0.3) is 0 Å². The van der Waals surface area contributed by atoms with E-state index in [1.807, 2.05) is 0 Å². The van der Waals surface area contributed by atoms with Crippen LogP contribution in [0.15, 0.2) is 10.7 Å². The summed E-state index contributed by atoms with van der Waals surface area (Å²) in [5, 5.41) is 0. The number of anilines is 2. The number of hydrogen-bond donors (Lipinski definition) is 1. The zero-order valence-electron chi connectivity index (χ0n) is 9.19. The van der Waals surface area contributed by atoms with Gasteiger partial charge in [-0.05, 0) is 22.4 Å². The standard InChI is InChI=1S/C10H15BrN4O/c1-2-7-6-16-4-3-15(7)9-8(11)5-13-10(12)14-9/h5,7H,2-4,6H2,1H3,(H2,12,13,14). The minimum atomic E-state index is 0.305. The molecule has 1 aromatic heterocycles. The molecule has 0 bridgehead atoms. The fourth-order valence-corrected chi connectivity index (χ4v) is 2.26. The lowest BCUT2D eigenvalue weighted by Gasteiger charge is -2.36. The molecule has 2 rings (SSSR count). The third-order valence-corrected chi connectivity index (χ3v) is 3.27. The maximum absolute atomic E-state index is 5.62. The van der Waals surface area contributed by atoms with E-state index < -0.39 is 0 Å². The van der Waals surface area contributed by atoms with E-state index in [-0.39, 0.29) is 0 Å². The first kappa shape index (κ1) is 11.6. The third kappa shape index (κ3) is 2.27. The van der Waals surface area contributed by atoms with E-state index in [2.05, 4.69) is 37.7 Å². The number of ether oxygens (including phenoxy) is 1. The van der Waals surface area contributed by atoms with Gasteiger partial charge < -0.3 is 15.4 Å². The van der Waals surface area contributed by atoms with Crippen LogP contribution in [0.25, 0.3) is 0 Å². The highest BCUT2D eigenvalue weighted by molar-refractivity contribution is 9.10. The number of nitrogens with zero attached hydrogens (tertiary/aromatic N) is 3. The van der Waals surface area contributed by atoms with Crippen molar-refractivity contribution in [2.24, 2.45) is 0 Å². The second kappa shape index (κ2) is 4.97. The Balaban J connectivity index is 2.30. The van der Waals surface area contributed by atoms with Crippen LogP contribution in [0.4, 0.5) is 11.8 Å². The van der Waals surface area contributed by atoms with Gasteiger partial charge in [-0.2, -0.15) is 4.98 Å². The first-order chi connectivity index (χ1) is 7.72. The van der Waals surface area contributed by atoms with Crippen molar-refractivity contribution in [3.05, 3.63) is 10.7 Å². The molecule has 1 aliphatic rings. The van der Waals surface area contributed by atoms with Crippen molar-refractivity contribution in [1.82, 2.24) is 9.97 Å². The van der Waals surface area contributed by atoms with Crippen LogP contribution in [-0.2, 0) is 4.74 Å². The topological polar surface area (TPSA) is 64.3 Å². The van der Waals surface area contributed by atoms with Crippen LogP contribution in [0.5, 0.6) is 0 Å². The van der Waals surface area contributed by atoms with Crippen LogP contribution in [0, 0.1) is 0 Å². The second-order valence-electron chi connectivity index (χ2n) is 3.73. The summed E-state index contributed by atoms with van der Waals surface area (Å²) in [5.41, 5.74) is 5.62. The van der Waals surface area contributed by atoms with E-state index >= 15 is 0 Å². The van der Waals surface area contributed by atoms with Crippen molar-refractivity contribution in [2.45, 2.75) is 19.4 Å². The number of rotatable bonds is 2. The molecule has 1 atom stereocenters. The molecule has 0 saturated carbocycles. The smallest absolute Gasteiger partial charge is 0.222 e. The molecule has 1 aliphatic heterocycles. The molecule has 1 saturated heterocycles. The number of nitrogens with two attached hydrogens (primary N) is 1. The van der Waals surface area contributed by atoms with Crippen molar-refractivity contribution in [2.75, 3.05) is 30.4 Å². The molecule has 0 radical (unpaired) electrons. The van der Waals surface area contributed by atoms with Crippen molar-refractivity contribution in [3.63, 3.8) is 0 Å². The van der Waals surface area contributed by atoms with Gasteiger partial charge in [-0.3, -0.25) is 0 Å². The Kier molecular flexibility index (Phi) is 3.60. The molecule has 1 fully saturated rings. The lowest BCUT2D eigenvalue weighted by atomic mass is 10.2. The van der Waals surface area contributed by atoms with E-state index in [4.69, 9.17) is 10.5 Å². The summed E-state index contributed by atoms with van der Waals surface area (Å²) in [5.74, 6) is 1.17. The molecule has 0 aromatic carbocycles. The number of nitrogen functional groups attached to an aromatic ring is 1. The van der Waals surface area contributed by atoms with Gasteiger partial charge >= 0.3 is 0 Å². The molecule has 5 nitrogen and oxygen atoms in total. The van der Waals surface area contributed by atoms with Crippen LogP contribution < -0.4 is 10.6 Å². The van der Waals surface area contributed by atoms with Gasteiger partial charge in [0.1, 0.15) is 5.82 Å². The zero-order valence-corrected chi connectivity index (χ0v) is 10.8. The van der Waals surface area contributed by atoms with Gasteiger partial charge in [0.05, 0.1) is 23.7 Å². The first-order valence-electron chi connectivity index (χ1n) is 5.34. The molecule has 1 unspecified atom stereocenters. The fraction of sp³-hybridized carbons (Fsp3) is 0.600. The Bertz CT molecular complexity index is 374. The predicted molar refractivity (Wildman–Crippen MR) is 66.4 cm³/mol. The lowest BCUT2D eigenvalue weighted by Crippen LogP contribution is -2.45. The summed E-state index contributed by atoms with van der Waals surface area (Å²) >= 11 is 3.46. The average molecular weight is 287 g/mol. The van der Waals surface area contributed by atoms with Gasteiger partial charge in [0.15, 0.2) is 0 Å². The number of morpholine rings is 1.